The molecule has 154 valence electrons. The van der Waals surface area contributed by atoms with Crippen LogP contribution in [0.2, 0.25) is 5.02 Å². The van der Waals surface area contributed by atoms with Crippen molar-refractivity contribution in [1.29, 1.82) is 0 Å². The Morgan fingerprint density at radius 1 is 1.10 bits per heavy atom. The number of amides is 2. The molecule has 0 aliphatic heterocycles. The first kappa shape index (κ1) is 21.1. The molecular formula is C22H20ClN3O4. The fourth-order valence-corrected chi connectivity index (χ4v) is 3.05. The van der Waals surface area contributed by atoms with Crippen LogP contribution in [0.25, 0.3) is 10.8 Å². The minimum Gasteiger partial charge on any atom is -0.503 e. The molecule has 7 nitrogen and oxygen atoms in total. The average Bonchev–Trinajstić information content (AvgIpc) is 2.75. The number of anilines is 1. The van der Waals surface area contributed by atoms with Gasteiger partial charge in [0.05, 0.1) is 18.3 Å². The number of ether oxygens (including phenoxy) is 1. The monoisotopic (exact) mass is 425 g/mol. The van der Waals surface area contributed by atoms with Crippen LogP contribution in [0.4, 0.5) is 5.69 Å². The molecule has 0 aliphatic carbocycles. The first-order chi connectivity index (χ1) is 14.5. The van der Waals surface area contributed by atoms with E-state index in [2.05, 4.69) is 15.8 Å². The van der Waals surface area contributed by atoms with E-state index in [-0.39, 0.29) is 35.3 Å². The number of aromatic hydroxyl groups is 1. The molecule has 3 rings (SSSR count). The maximum atomic E-state index is 12.2. The number of benzene rings is 3. The second-order valence-corrected chi connectivity index (χ2v) is 6.83. The van der Waals surface area contributed by atoms with Crippen LogP contribution < -0.4 is 15.5 Å². The van der Waals surface area contributed by atoms with Crippen molar-refractivity contribution in [2.45, 2.75) is 12.8 Å². The van der Waals surface area contributed by atoms with Crippen LogP contribution in [0.15, 0.2) is 59.7 Å². The maximum Gasteiger partial charge on any atom is 0.240 e. The third kappa shape index (κ3) is 5.27. The Labute approximate surface area is 178 Å². The summed E-state index contributed by atoms with van der Waals surface area (Å²) in [5.74, 6) is -0.644. The number of hydrogen-bond donors (Lipinski definition) is 3. The van der Waals surface area contributed by atoms with Gasteiger partial charge in [0.25, 0.3) is 0 Å². The second kappa shape index (κ2) is 9.76. The third-order valence-electron chi connectivity index (χ3n) is 4.32. The summed E-state index contributed by atoms with van der Waals surface area (Å²) in [5, 5.41) is 18.4. The highest BCUT2D eigenvalue weighted by atomic mass is 35.5. The van der Waals surface area contributed by atoms with Crippen LogP contribution in [0.3, 0.4) is 0 Å². The van der Waals surface area contributed by atoms with Crippen LogP contribution in [-0.4, -0.2) is 30.2 Å². The molecule has 0 fully saturated rings. The molecule has 0 radical (unpaired) electrons. The van der Waals surface area contributed by atoms with Gasteiger partial charge in [-0.05, 0) is 29.1 Å². The zero-order valence-corrected chi connectivity index (χ0v) is 16.9. The van der Waals surface area contributed by atoms with Crippen molar-refractivity contribution in [3.8, 4) is 11.5 Å². The molecule has 3 aromatic rings. The molecule has 0 atom stereocenters. The molecule has 30 heavy (non-hydrogen) atoms. The summed E-state index contributed by atoms with van der Waals surface area (Å²) in [6, 6.07) is 16.4. The molecule has 0 saturated heterocycles. The summed E-state index contributed by atoms with van der Waals surface area (Å²) in [7, 11) is 1.40. The van der Waals surface area contributed by atoms with E-state index in [0.717, 1.165) is 10.8 Å². The lowest BCUT2D eigenvalue weighted by Crippen LogP contribution is -2.20. The Bertz CT molecular complexity index is 1110. The van der Waals surface area contributed by atoms with Gasteiger partial charge in [0, 0.05) is 23.9 Å². The fraction of sp³-hybridized carbons (Fsp3) is 0.136. The van der Waals surface area contributed by atoms with E-state index >= 15 is 0 Å². The molecule has 3 N–H and O–H groups in total. The van der Waals surface area contributed by atoms with Gasteiger partial charge in [0.1, 0.15) is 0 Å². The smallest absolute Gasteiger partial charge is 0.240 e. The van der Waals surface area contributed by atoms with E-state index < -0.39 is 5.91 Å². The van der Waals surface area contributed by atoms with Crippen LogP contribution >= 0.6 is 11.6 Å². The van der Waals surface area contributed by atoms with Crippen LogP contribution in [-0.2, 0) is 9.59 Å². The standard InChI is InChI=1S/C22H20ClN3O4/c1-30-19-12-14(11-17(23)22(19)29)13-24-26-21(28)10-9-20(27)25-18-8-4-6-15-5-2-3-7-16(15)18/h2-8,11-13,29H,9-10H2,1H3,(H,25,27)(H,26,28)/b24-13+. The minimum absolute atomic E-state index is 0.0173. The summed E-state index contributed by atoms with van der Waals surface area (Å²) in [6.45, 7) is 0. The van der Waals surface area contributed by atoms with Crippen LogP contribution in [0, 0.1) is 0 Å². The number of hydrogen-bond acceptors (Lipinski definition) is 5. The van der Waals surface area contributed by atoms with Crippen molar-refractivity contribution in [2.75, 3.05) is 12.4 Å². The number of fused-ring (bicyclic) bond motifs is 1. The Morgan fingerprint density at radius 2 is 1.83 bits per heavy atom. The normalized spacial score (nSPS) is 10.9. The highest BCUT2D eigenvalue weighted by Gasteiger charge is 2.10. The minimum atomic E-state index is -0.406. The molecular weight excluding hydrogens is 406 g/mol. The summed E-state index contributed by atoms with van der Waals surface area (Å²) in [6.07, 6.45) is 1.36. The van der Waals surface area contributed by atoms with Gasteiger partial charge in [-0.25, -0.2) is 5.43 Å². The van der Waals surface area contributed by atoms with Crippen molar-refractivity contribution >= 4 is 46.1 Å². The molecule has 0 unspecified atom stereocenters. The average molecular weight is 426 g/mol. The van der Waals surface area contributed by atoms with Crippen molar-refractivity contribution in [1.82, 2.24) is 5.43 Å². The number of halogens is 1. The van der Waals surface area contributed by atoms with Crippen molar-refractivity contribution in [3.63, 3.8) is 0 Å². The predicted molar refractivity (Wildman–Crippen MR) is 117 cm³/mol. The van der Waals surface area contributed by atoms with E-state index in [0.29, 0.717) is 11.3 Å². The molecule has 0 spiro atoms. The van der Waals surface area contributed by atoms with E-state index in [1.165, 1.54) is 25.5 Å². The van der Waals surface area contributed by atoms with Gasteiger partial charge < -0.3 is 15.2 Å². The van der Waals surface area contributed by atoms with Gasteiger partial charge in [0.2, 0.25) is 11.8 Å². The van der Waals surface area contributed by atoms with E-state index in [4.69, 9.17) is 16.3 Å². The maximum absolute atomic E-state index is 12.2. The molecule has 0 bridgehead atoms. The number of phenols is 1. The molecule has 0 aliphatic rings. The number of rotatable bonds is 7. The zero-order valence-electron chi connectivity index (χ0n) is 16.2. The first-order valence-corrected chi connectivity index (χ1v) is 9.51. The van der Waals surface area contributed by atoms with Gasteiger partial charge in [-0.15, -0.1) is 0 Å². The molecule has 2 amide bonds. The number of methoxy groups -OCH3 is 1. The highest BCUT2D eigenvalue weighted by Crippen LogP contribution is 2.34. The second-order valence-electron chi connectivity index (χ2n) is 6.42. The number of carbonyl (C=O) groups excluding carboxylic acids is 2. The van der Waals surface area contributed by atoms with E-state index in [1.807, 2.05) is 42.5 Å². The lowest BCUT2D eigenvalue weighted by molar-refractivity contribution is -0.124. The molecule has 3 aromatic carbocycles. The summed E-state index contributed by atoms with van der Waals surface area (Å²) in [4.78, 5) is 24.2. The Hall–Kier alpha value is -3.58. The molecule has 8 heteroatoms. The summed E-state index contributed by atoms with van der Waals surface area (Å²) < 4.78 is 5.01. The number of nitrogens with zero attached hydrogens (tertiary/aromatic N) is 1. The number of phenolic OH excluding ortho intramolecular Hbond substituents is 1. The summed E-state index contributed by atoms with van der Waals surface area (Å²) >= 11 is 5.90. The largest absolute Gasteiger partial charge is 0.503 e. The molecule has 0 saturated carbocycles. The van der Waals surface area contributed by atoms with E-state index in [1.54, 1.807) is 0 Å². The highest BCUT2D eigenvalue weighted by molar-refractivity contribution is 6.32. The number of hydrazone groups is 1. The molecule has 0 heterocycles. The Kier molecular flexibility index (Phi) is 6.87. The van der Waals surface area contributed by atoms with Gasteiger partial charge >= 0.3 is 0 Å². The van der Waals surface area contributed by atoms with Crippen LogP contribution in [0.1, 0.15) is 18.4 Å². The van der Waals surface area contributed by atoms with Crippen molar-refractivity contribution < 1.29 is 19.4 Å². The molecule has 0 aromatic heterocycles. The Morgan fingerprint density at radius 3 is 2.63 bits per heavy atom. The van der Waals surface area contributed by atoms with Crippen LogP contribution in [0.5, 0.6) is 11.5 Å². The van der Waals surface area contributed by atoms with Gasteiger partial charge in [-0.2, -0.15) is 5.10 Å². The fourth-order valence-electron chi connectivity index (χ4n) is 2.83. The zero-order chi connectivity index (χ0) is 21.5. The third-order valence-corrected chi connectivity index (χ3v) is 4.60. The number of nitrogens with one attached hydrogen (secondary N) is 2. The predicted octanol–water partition coefficient (Wildman–Crippen LogP) is 4.08. The van der Waals surface area contributed by atoms with Gasteiger partial charge in [0.15, 0.2) is 11.5 Å². The quantitative estimate of drug-likeness (QED) is 0.392. The summed E-state index contributed by atoms with van der Waals surface area (Å²) in [5.41, 5.74) is 3.59. The lowest BCUT2D eigenvalue weighted by Gasteiger charge is -2.08. The van der Waals surface area contributed by atoms with Gasteiger partial charge in [-0.1, -0.05) is 48.0 Å². The topological polar surface area (TPSA) is 100 Å². The van der Waals surface area contributed by atoms with Crippen molar-refractivity contribution in [2.24, 2.45) is 5.10 Å². The van der Waals surface area contributed by atoms with Gasteiger partial charge in [-0.3, -0.25) is 9.59 Å². The number of carbonyl (C=O) groups is 2. The first-order valence-electron chi connectivity index (χ1n) is 9.14. The van der Waals surface area contributed by atoms with E-state index in [9.17, 15) is 14.7 Å². The SMILES string of the molecule is COc1cc(/C=N/NC(=O)CCC(=O)Nc2cccc3ccccc23)cc(Cl)c1O. The van der Waals surface area contributed by atoms with Crippen molar-refractivity contribution in [3.05, 3.63) is 65.2 Å². The Balaban J connectivity index is 1.51. The lowest BCUT2D eigenvalue weighted by atomic mass is 10.1.